The van der Waals surface area contributed by atoms with Crippen LogP contribution in [0.1, 0.15) is 64.6 Å². The number of benzene rings is 2. The zero-order chi connectivity index (χ0) is 30.4. The van der Waals surface area contributed by atoms with Crippen molar-refractivity contribution in [2.24, 2.45) is 10.9 Å². The van der Waals surface area contributed by atoms with Crippen LogP contribution in [0.25, 0.3) is 6.08 Å². The zero-order valence-corrected chi connectivity index (χ0v) is 25.6. The minimum Gasteiger partial charge on any atom is -0.494 e. The fourth-order valence-corrected chi connectivity index (χ4v) is 5.50. The maximum absolute atomic E-state index is 13.9. The SMILES string of the molecule is CCCCOc1ccc(/C=c2/sc3n(c2=O)[C@@H](c2ccc(OC(C)=O)c(OC)c2)C(C(=O)OCC(C)C)=C(C)N=3)cc1. The highest BCUT2D eigenvalue weighted by molar-refractivity contribution is 7.07. The summed E-state index contributed by atoms with van der Waals surface area (Å²) >= 11 is 1.24. The van der Waals surface area contributed by atoms with E-state index in [-0.39, 0.29) is 35.2 Å². The summed E-state index contributed by atoms with van der Waals surface area (Å²) < 4.78 is 24.1. The zero-order valence-electron chi connectivity index (χ0n) is 24.8. The fraction of sp³-hybridized carbons (Fsp3) is 0.375. The van der Waals surface area contributed by atoms with Gasteiger partial charge in [0.05, 0.1) is 42.2 Å². The summed E-state index contributed by atoms with van der Waals surface area (Å²) in [5, 5.41) is 0. The van der Waals surface area contributed by atoms with Crippen LogP contribution in [-0.4, -0.2) is 36.8 Å². The van der Waals surface area contributed by atoms with Gasteiger partial charge in [-0.15, -0.1) is 0 Å². The van der Waals surface area contributed by atoms with Gasteiger partial charge in [-0.2, -0.15) is 0 Å². The van der Waals surface area contributed by atoms with Gasteiger partial charge in [0.25, 0.3) is 5.56 Å². The Kier molecular flexibility index (Phi) is 10.0. The minimum atomic E-state index is -0.835. The van der Waals surface area contributed by atoms with Crippen molar-refractivity contribution in [2.45, 2.75) is 53.5 Å². The highest BCUT2D eigenvalue weighted by Gasteiger charge is 2.34. The minimum absolute atomic E-state index is 0.126. The first-order valence-electron chi connectivity index (χ1n) is 13.9. The Balaban J connectivity index is 1.82. The van der Waals surface area contributed by atoms with E-state index in [2.05, 4.69) is 11.9 Å². The number of ether oxygens (including phenoxy) is 4. The van der Waals surface area contributed by atoms with Crippen LogP contribution in [0.3, 0.4) is 0 Å². The van der Waals surface area contributed by atoms with Crippen LogP contribution in [0.15, 0.2) is 63.5 Å². The Bertz CT molecular complexity index is 1670. The number of hydrogen-bond acceptors (Lipinski definition) is 9. The first kappa shape index (κ1) is 30.8. The highest BCUT2D eigenvalue weighted by atomic mass is 32.1. The molecule has 9 nitrogen and oxygen atoms in total. The molecule has 0 radical (unpaired) electrons. The van der Waals surface area contributed by atoms with Crippen LogP contribution in [0.5, 0.6) is 17.2 Å². The second-order valence-electron chi connectivity index (χ2n) is 10.3. The molecule has 3 aromatic rings. The molecule has 1 atom stereocenters. The summed E-state index contributed by atoms with van der Waals surface area (Å²) in [6.07, 6.45) is 3.84. The third kappa shape index (κ3) is 6.99. The Morgan fingerprint density at radius 2 is 1.86 bits per heavy atom. The Morgan fingerprint density at radius 1 is 1.12 bits per heavy atom. The maximum atomic E-state index is 13.9. The lowest BCUT2D eigenvalue weighted by Gasteiger charge is -2.25. The highest BCUT2D eigenvalue weighted by Crippen LogP contribution is 2.36. The molecular weight excluding hydrogens is 556 g/mol. The van der Waals surface area contributed by atoms with Crippen molar-refractivity contribution in [3.8, 4) is 17.2 Å². The van der Waals surface area contributed by atoms with Crippen LogP contribution in [0.2, 0.25) is 0 Å². The molecule has 1 aliphatic rings. The normalized spacial score (nSPS) is 14.8. The first-order chi connectivity index (χ1) is 20.1. The van der Waals surface area contributed by atoms with E-state index in [1.807, 2.05) is 38.1 Å². The van der Waals surface area contributed by atoms with E-state index in [1.165, 1.54) is 29.9 Å². The lowest BCUT2D eigenvalue weighted by molar-refractivity contribution is -0.140. The van der Waals surface area contributed by atoms with E-state index in [1.54, 1.807) is 31.2 Å². The second-order valence-corrected chi connectivity index (χ2v) is 11.4. The van der Waals surface area contributed by atoms with Gasteiger partial charge in [0, 0.05) is 6.92 Å². The molecule has 0 fully saturated rings. The standard InChI is InChI=1S/C32H36N2O7S/c1-7-8-15-39-24-12-9-22(10-13-24)16-27-30(36)34-29(23-11-14-25(41-21(5)35)26(17-23)38-6)28(20(4)33-32(34)42-27)31(37)40-18-19(2)3/h9-14,16-17,19,29H,7-8,15,18H2,1-6H3/b27-16+/t29-/m0/s1. The number of unbranched alkanes of at least 4 members (excludes halogenated alkanes) is 1. The summed E-state index contributed by atoms with van der Waals surface area (Å²) in [5.74, 6) is 0.368. The van der Waals surface area contributed by atoms with Crippen molar-refractivity contribution >= 4 is 29.4 Å². The number of methoxy groups -OCH3 is 1. The van der Waals surface area contributed by atoms with Crippen molar-refractivity contribution in [1.82, 2.24) is 4.57 Å². The number of aromatic nitrogens is 1. The van der Waals surface area contributed by atoms with Crippen molar-refractivity contribution in [3.63, 3.8) is 0 Å². The Morgan fingerprint density at radius 3 is 2.50 bits per heavy atom. The summed E-state index contributed by atoms with van der Waals surface area (Å²) in [6.45, 7) is 9.92. The smallest absolute Gasteiger partial charge is 0.338 e. The number of nitrogens with zero attached hydrogens (tertiary/aromatic N) is 2. The Labute approximate surface area is 248 Å². The molecule has 0 aliphatic carbocycles. The number of fused-ring (bicyclic) bond motifs is 1. The van der Waals surface area contributed by atoms with E-state index in [0.29, 0.717) is 27.2 Å². The third-order valence-corrected chi connectivity index (χ3v) is 7.47. The van der Waals surface area contributed by atoms with E-state index in [9.17, 15) is 14.4 Å². The van der Waals surface area contributed by atoms with E-state index >= 15 is 0 Å². The molecule has 1 aliphatic heterocycles. The van der Waals surface area contributed by atoms with E-state index in [4.69, 9.17) is 18.9 Å². The van der Waals surface area contributed by atoms with Gasteiger partial charge >= 0.3 is 11.9 Å². The van der Waals surface area contributed by atoms with Gasteiger partial charge in [-0.05, 0) is 60.7 Å². The lowest BCUT2D eigenvalue weighted by Crippen LogP contribution is -2.40. The number of rotatable bonds is 11. The molecule has 2 heterocycles. The predicted octanol–water partition coefficient (Wildman–Crippen LogP) is 4.55. The molecule has 0 unspecified atom stereocenters. The number of carbonyl (C=O) groups is 2. The molecule has 10 heteroatoms. The first-order valence-corrected chi connectivity index (χ1v) is 14.7. The average Bonchev–Trinajstić information content (AvgIpc) is 3.25. The molecule has 4 rings (SSSR count). The second kappa shape index (κ2) is 13.7. The topological polar surface area (TPSA) is 105 Å². The van der Waals surface area contributed by atoms with E-state index in [0.717, 1.165) is 24.2 Å². The van der Waals surface area contributed by atoms with Crippen LogP contribution in [0.4, 0.5) is 0 Å². The van der Waals surface area contributed by atoms with Crippen molar-refractivity contribution in [1.29, 1.82) is 0 Å². The van der Waals surface area contributed by atoms with Crippen LogP contribution >= 0.6 is 11.3 Å². The van der Waals surface area contributed by atoms with Crippen LogP contribution in [0, 0.1) is 5.92 Å². The van der Waals surface area contributed by atoms with Crippen LogP contribution < -0.4 is 29.1 Å². The monoisotopic (exact) mass is 592 g/mol. The largest absolute Gasteiger partial charge is 0.494 e. The van der Waals surface area contributed by atoms with Crippen molar-refractivity contribution in [3.05, 3.63) is 84.5 Å². The molecule has 0 saturated heterocycles. The lowest BCUT2D eigenvalue weighted by atomic mass is 9.95. The summed E-state index contributed by atoms with van der Waals surface area (Å²) in [5.41, 5.74) is 1.83. The maximum Gasteiger partial charge on any atom is 0.338 e. The van der Waals surface area contributed by atoms with Crippen molar-refractivity contribution in [2.75, 3.05) is 20.3 Å². The molecule has 42 heavy (non-hydrogen) atoms. The molecule has 222 valence electrons. The van der Waals surface area contributed by atoms with Gasteiger partial charge in [-0.25, -0.2) is 9.79 Å². The number of carbonyl (C=O) groups excluding carboxylic acids is 2. The van der Waals surface area contributed by atoms with Gasteiger partial charge in [-0.3, -0.25) is 14.2 Å². The summed E-state index contributed by atoms with van der Waals surface area (Å²) in [4.78, 5) is 44.1. The molecule has 0 saturated carbocycles. The van der Waals surface area contributed by atoms with Gasteiger partial charge in [0.2, 0.25) is 0 Å². The molecule has 0 bridgehead atoms. The third-order valence-electron chi connectivity index (χ3n) is 6.49. The Hall–Kier alpha value is -4.18. The number of hydrogen-bond donors (Lipinski definition) is 0. The summed E-state index contributed by atoms with van der Waals surface area (Å²) in [7, 11) is 1.45. The van der Waals surface area contributed by atoms with Gasteiger partial charge in [0.15, 0.2) is 16.3 Å². The molecule has 0 spiro atoms. The van der Waals surface area contributed by atoms with Gasteiger partial charge in [0.1, 0.15) is 5.75 Å². The van der Waals surface area contributed by atoms with Gasteiger partial charge in [-0.1, -0.05) is 56.7 Å². The van der Waals surface area contributed by atoms with Crippen LogP contribution in [-0.2, 0) is 14.3 Å². The predicted molar refractivity (Wildman–Crippen MR) is 161 cm³/mol. The quantitative estimate of drug-likeness (QED) is 0.183. The molecule has 0 amide bonds. The molecule has 2 aromatic carbocycles. The van der Waals surface area contributed by atoms with E-state index < -0.39 is 18.0 Å². The molecule has 1 aromatic heterocycles. The number of esters is 2. The molecule has 0 N–H and O–H groups in total. The van der Waals surface area contributed by atoms with Gasteiger partial charge < -0.3 is 18.9 Å². The average molecular weight is 593 g/mol. The summed E-state index contributed by atoms with van der Waals surface area (Å²) in [6, 6.07) is 11.7. The van der Waals surface area contributed by atoms with Crippen molar-refractivity contribution < 1.29 is 28.5 Å². The number of thiazole rings is 1. The molecular formula is C32H36N2O7S. The number of allylic oxidation sites excluding steroid dienone is 1. The fourth-order valence-electron chi connectivity index (χ4n) is 4.46.